The normalized spacial score (nSPS) is 11.3. The number of hydrogen-bond acceptors (Lipinski definition) is 5. The van der Waals surface area contributed by atoms with Gasteiger partial charge in [-0.15, -0.1) is 6.58 Å². The van der Waals surface area contributed by atoms with Crippen LogP contribution in [-0.4, -0.2) is 30.5 Å². The number of oxazole rings is 1. The number of carbonyl (C=O) groups is 1. The van der Waals surface area contributed by atoms with Crippen LogP contribution in [-0.2, 0) is 10.3 Å². The van der Waals surface area contributed by atoms with E-state index in [0.717, 1.165) is 0 Å². The average Bonchev–Trinajstić information content (AvgIpc) is 3.03. The maximum Gasteiger partial charge on any atom is 0.368 e. The summed E-state index contributed by atoms with van der Waals surface area (Å²) in [6.45, 7) is 3.47. The molecule has 0 fully saturated rings. The molecule has 0 aliphatic heterocycles. The lowest BCUT2D eigenvalue weighted by molar-refractivity contribution is 0.250. The third-order valence-electron chi connectivity index (χ3n) is 3.46. The molecule has 0 spiro atoms. The molecule has 1 heterocycles. The molecule has 0 aliphatic carbocycles. The zero-order valence-electron chi connectivity index (χ0n) is 13.5. The second kappa shape index (κ2) is 6.98. The Morgan fingerprint density at radius 2 is 1.92 bits per heavy atom. The van der Waals surface area contributed by atoms with Crippen LogP contribution in [0.5, 0.6) is 0 Å². The first kappa shape index (κ1) is 17.6. The summed E-state index contributed by atoms with van der Waals surface area (Å²) in [7, 11) is -4.80. The first-order chi connectivity index (χ1) is 12.4. The van der Waals surface area contributed by atoms with Crippen molar-refractivity contribution >= 4 is 33.1 Å². The Morgan fingerprint density at radius 3 is 2.54 bits per heavy atom. The highest BCUT2D eigenvalue weighted by Crippen LogP contribution is 2.27. The van der Waals surface area contributed by atoms with Crippen LogP contribution in [0.1, 0.15) is 0 Å². The molecule has 2 amide bonds. The summed E-state index contributed by atoms with van der Waals surface area (Å²) in [4.78, 5) is 16.4. The van der Waals surface area contributed by atoms with Gasteiger partial charge in [0.2, 0.25) is 5.89 Å². The van der Waals surface area contributed by atoms with Gasteiger partial charge in [-0.3, -0.25) is 4.55 Å². The molecule has 2 N–H and O–H groups in total. The quantitative estimate of drug-likeness (QED) is 0.525. The van der Waals surface area contributed by atoms with Crippen molar-refractivity contribution in [2.45, 2.75) is 0 Å². The van der Waals surface area contributed by atoms with E-state index in [0.29, 0.717) is 22.6 Å². The molecule has 3 aromatic rings. The van der Waals surface area contributed by atoms with E-state index in [-0.39, 0.29) is 16.5 Å². The van der Waals surface area contributed by atoms with Gasteiger partial charge < -0.3 is 9.73 Å². The van der Waals surface area contributed by atoms with E-state index in [1.165, 1.54) is 18.2 Å². The number of anilines is 1. The van der Waals surface area contributed by atoms with Crippen LogP contribution in [0.25, 0.3) is 22.6 Å². The summed E-state index contributed by atoms with van der Waals surface area (Å²) in [6, 6.07) is 12.1. The molecular weight excluding hydrogens is 358 g/mol. The fourth-order valence-electron chi connectivity index (χ4n) is 2.32. The summed E-state index contributed by atoms with van der Waals surface area (Å²) >= 11 is 0. The van der Waals surface area contributed by atoms with Gasteiger partial charge in [0.05, 0.1) is 5.69 Å². The number of hydrogen-bond donors (Lipinski definition) is 2. The number of nitrogens with zero attached hydrogens (tertiary/aromatic N) is 2. The fourth-order valence-corrected chi connectivity index (χ4v) is 2.98. The molecule has 26 heavy (non-hydrogen) atoms. The second-order valence-electron chi connectivity index (χ2n) is 5.25. The Balaban J connectivity index is 1.93. The molecule has 0 aliphatic rings. The average molecular weight is 373 g/mol. The first-order valence-corrected chi connectivity index (χ1v) is 8.92. The molecule has 9 heteroatoms. The van der Waals surface area contributed by atoms with Gasteiger partial charge in [-0.05, 0) is 36.4 Å². The van der Waals surface area contributed by atoms with Gasteiger partial charge in [0.1, 0.15) is 5.52 Å². The van der Waals surface area contributed by atoms with Crippen LogP contribution >= 0.6 is 0 Å². The largest absolute Gasteiger partial charge is 0.436 e. The number of fused-ring (bicyclic) bond motifs is 1. The van der Waals surface area contributed by atoms with E-state index in [9.17, 15) is 17.8 Å². The molecule has 0 radical (unpaired) electrons. The predicted molar refractivity (Wildman–Crippen MR) is 97.1 cm³/mol. The molecule has 134 valence electrons. The third kappa shape index (κ3) is 3.58. The molecule has 1 aromatic heterocycles. The number of para-hydroxylation sites is 2. The standard InChI is InChI=1S/C17H15N3O5S/c1-2-11-18-17(21)20(26(22,23)24)13-9-7-12(8-10-13)16-19-14-5-3-4-6-15(14)25-16/h2-10H,1,11H2,(H,18,21)(H,22,23,24). The molecule has 2 aromatic carbocycles. The van der Waals surface area contributed by atoms with E-state index in [2.05, 4.69) is 16.9 Å². The number of benzene rings is 2. The Labute approximate surface area is 149 Å². The van der Waals surface area contributed by atoms with Gasteiger partial charge in [0.15, 0.2) is 5.58 Å². The van der Waals surface area contributed by atoms with Crippen molar-refractivity contribution in [3.8, 4) is 11.5 Å². The minimum atomic E-state index is -4.80. The number of aromatic nitrogens is 1. The van der Waals surface area contributed by atoms with Gasteiger partial charge in [-0.1, -0.05) is 18.2 Å². The van der Waals surface area contributed by atoms with E-state index in [1.807, 2.05) is 12.1 Å². The van der Waals surface area contributed by atoms with Crippen LogP contribution in [0.15, 0.2) is 65.6 Å². The van der Waals surface area contributed by atoms with Crippen LogP contribution < -0.4 is 9.62 Å². The highest BCUT2D eigenvalue weighted by atomic mass is 32.2. The minimum absolute atomic E-state index is 0.0334. The van der Waals surface area contributed by atoms with Crippen molar-refractivity contribution in [1.82, 2.24) is 10.3 Å². The van der Waals surface area contributed by atoms with Crippen molar-refractivity contribution in [3.05, 3.63) is 61.2 Å². The zero-order chi connectivity index (χ0) is 18.7. The number of amides is 2. The molecule has 0 unspecified atom stereocenters. The molecule has 8 nitrogen and oxygen atoms in total. The lowest BCUT2D eigenvalue weighted by atomic mass is 10.2. The SMILES string of the molecule is C=CCNC(=O)N(c1ccc(-c2nc3ccccc3o2)cc1)S(=O)(=O)O. The van der Waals surface area contributed by atoms with E-state index < -0.39 is 16.3 Å². The number of carbonyl (C=O) groups excluding carboxylic acids is 1. The Hall–Kier alpha value is -3.17. The summed E-state index contributed by atoms with van der Waals surface area (Å²) in [6.07, 6.45) is 1.39. The molecular formula is C17H15N3O5S. The van der Waals surface area contributed by atoms with Crippen molar-refractivity contribution in [2.24, 2.45) is 0 Å². The van der Waals surface area contributed by atoms with Crippen molar-refractivity contribution in [2.75, 3.05) is 10.8 Å². The summed E-state index contributed by atoms with van der Waals surface area (Å²) < 4.78 is 38.4. The highest BCUT2D eigenvalue weighted by Gasteiger charge is 2.27. The molecule has 3 rings (SSSR count). The monoisotopic (exact) mass is 373 g/mol. The van der Waals surface area contributed by atoms with E-state index in [4.69, 9.17) is 4.42 Å². The van der Waals surface area contributed by atoms with Crippen LogP contribution in [0.3, 0.4) is 0 Å². The number of nitrogens with one attached hydrogen (secondary N) is 1. The second-order valence-corrected chi connectivity index (χ2v) is 6.51. The van der Waals surface area contributed by atoms with E-state index >= 15 is 0 Å². The lowest BCUT2D eigenvalue weighted by Crippen LogP contribution is -2.43. The first-order valence-electron chi connectivity index (χ1n) is 7.52. The molecule has 0 atom stereocenters. The Morgan fingerprint density at radius 1 is 1.23 bits per heavy atom. The predicted octanol–water partition coefficient (Wildman–Crippen LogP) is 3.00. The smallest absolute Gasteiger partial charge is 0.368 e. The molecule has 0 saturated heterocycles. The molecule has 0 saturated carbocycles. The summed E-state index contributed by atoms with van der Waals surface area (Å²) in [5.74, 6) is 0.354. The van der Waals surface area contributed by atoms with Crippen LogP contribution in [0.4, 0.5) is 10.5 Å². The topological polar surface area (TPSA) is 113 Å². The van der Waals surface area contributed by atoms with Crippen LogP contribution in [0.2, 0.25) is 0 Å². The third-order valence-corrected chi connectivity index (χ3v) is 4.29. The molecule has 0 bridgehead atoms. The zero-order valence-corrected chi connectivity index (χ0v) is 14.3. The van der Waals surface area contributed by atoms with E-state index in [1.54, 1.807) is 24.3 Å². The van der Waals surface area contributed by atoms with Gasteiger partial charge in [0.25, 0.3) is 0 Å². The van der Waals surface area contributed by atoms with Gasteiger partial charge in [0, 0.05) is 12.1 Å². The highest BCUT2D eigenvalue weighted by molar-refractivity contribution is 7.88. The van der Waals surface area contributed by atoms with Gasteiger partial charge >= 0.3 is 16.3 Å². The van der Waals surface area contributed by atoms with Crippen molar-refractivity contribution in [1.29, 1.82) is 0 Å². The number of urea groups is 1. The van der Waals surface area contributed by atoms with Gasteiger partial charge in [-0.2, -0.15) is 12.7 Å². The Bertz CT molecular complexity index is 1020. The maximum absolute atomic E-state index is 12.0. The summed E-state index contributed by atoms with van der Waals surface area (Å²) in [5, 5.41) is 2.30. The Kier molecular flexibility index (Phi) is 4.74. The summed E-state index contributed by atoms with van der Waals surface area (Å²) in [5.41, 5.74) is 1.87. The van der Waals surface area contributed by atoms with Crippen molar-refractivity contribution in [3.63, 3.8) is 0 Å². The maximum atomic E-state index is 12.0. The van der Waals surface area contributed by atoms with Crippen molar-refractivity contribution < 1.29 is 22.2 Å². The minimum Gasteiger partial charge on any atom is -0.436 e. The number of rotatable bonds is 5. The lowest BCUT2D eigenvalue weighted by Gasteiger charge is -2.19. The fraction of sp³-hybridized carbons (Fsp3) is 0.0588. The van der Waals surface area contributed by atoms with Gasteiger partial charge in [-0.25, -0.2) is 9.78 Å². The van der Waals surface area contributed by atoms with Crippen LogP contribution in [0, 0.1) is 0 Å².